The van der Waals surface area contributed by atoms with Crippen LogP contribution in [0, 0.1) is 0 Å². The zero-order chi connectivity index (χ0) is 29.0. The van der Waals surface area contributed by atoms with Gasteiger partial charge in [-0.15, -0.1) is 0 Å². The van der Waals surface area contributed by atoms with Crippen LogP contribution in [0.15, 0.2) is 0 Å². The van der Waals surface area contributed by atoms with Crippen LogP contribution in [0.5, 0.6) is 0 Å². The molecule has 0 heterocycles. The van der Waals surface area contributed by atoms with E-state index in [0.29, 0.717) is 0 Å². The molecule has 0 rings (SSSR count). The topological polar surface area (TPSA) is 84.5 Å². The lowest BCUT2D eigenvalue weighted by Crippen LogP contribution is -2.61. The van der Waals surface area contributed by atoms with Gasteiger partial charge in [-0.3, -0.25) is 9.59 Å². The van der Waals surface area contributed by atoms with Gasteiger partial charge in [-0.1, -0.05) is 6.92 Å². The van der Waals surface area contributed by atoms with Crippen LogP contribution < -0.4 is 10.6 Å². The van der Waals surface area contributed by atoms with Crippen LogP contribution in [0.3, 0.4) is 0 Å². The molecule has 2 N–H and O–H groups in total. The van der Waals surface area contributed by atoms with E-state index in [1.165, 1.54) is 6.92 Å². The van der Waals surface area contributed by atoms with E-state index in [-0.39, 0.29) is 6.42 Å². The molecular formula is C16H16F14N2O4. The summed E-state index contributed by atoms with van der Waals surface area (Å²) in [7, 11) is 0. The Morgan fingerprint density at radius 3 is 1.53 bits per heavy atom. The third kappa shape index (κ3) is 7.01. The number of nitrogens with one attached hydrogen (secondary N) is 2. The first-order valence-corrected chi connectivity index (χ1v) is 9.30. The molecule has 0 saturated carbocycles. The minimum absolute atomic E-state index is 0.0489. The van der Waals surface area contributed by atoms with Crippen molar-refractivity contribution in [2.75, 3.05) is 13.2 Å². The lowest BCUT2D eigenvalue weighted by molar-refractivity contribution is -0.344. The Morgan fingerprint density at radius 1 is 0.722 bits per heavy atom. The molecule has 0 radical (unpaired) electrons. The van der Waals surface area contributed by atoms with Crippen molar-refractivity contribution in [3.8, 4) is 0 Å². The normalized spacial score (nSPS) is 14.8. The van der Waals surface area contributed by atoms with Crippen molar-refractivity contribution in [2.24, 2.45) is 0 Å². The van der Waals surface area contributed by atoms with Gasteiger partial charge in [0, 0.05) is 6.54 Å². The standard InChI is InChI=1S/C16H16F14N2O4/c1-2-6-36-8(33)7(32-10(35)12(19,20)14(23,24)16(28,29)30)4-3-5-31-9(34)11(17,18)13(21,22)15(25,26)27/h7H,2-6H2,1H3,(H,31,34)(H,32,35)/t7-/m0/s1. The van der Waals surface area contributed by atoms with Gasteiger partial charge in [-0.05, 0) is 19.3 Å². The minimum Gasteiger partial charge on any atom is -0.464 e. The maximum absolute atomic E-state index is 13.5. The maximum atomic E-state index is 13.5. The Morgan fingerprint density at radius 2 is 1.14 bits per heavy atom. The Kier molecular flexibility index (Phi) is 10.4. The van der Waals surface area contributed by atoms with Gasteiger partial charge in [-0.25, -0.2) is 4.79 Å². The number of ether oxygens (including phenoxy) is 1. The zero-order valence-electron chi connectivity index (χ0n) is 17.5. The number of hydrogen-bond acceptors (Lipinski definition) is 4. The fraction of sp³-hybridized carbons (Fsp3) is 0.812. The molecule has 212 valence electrons. The van der Waals surface area contributed by atoms with Gasteiger partial charge in [0.1, 0.15) is 6.04 Å². The molecule has 0 saturated heterocycles. The van der Waals surface area contributed by atoms with Gasteiger partial charge >= 0.3 is 42.0 Å². The molecule has 2 amide bonds. The summed E-state index contributed by atoms with van der Waals surface area (Å²) in [6.07, 6.45) is -15.8. The summed E-state index contributed by atoms with van der Waals surface area (Å²) >= 11 is 0. The van der Waals surface area contributed by atoms with Crippen molar-refractivity contribution in [1.82, 2.24) is 10.6 Å². The molecule has 0 fully saturated rings. The number of hydrogen-bond donors (Lipinski definition) is 2. The highest BCUT2D eigenvalue weighted by molar-refractivity contribution is 5.89. The van der Waals surface area contributed by atoms with E-state index in [9.17, 15) is 75.8 Å². The average Bonchev–Trinajstić information content (AvgIpc) is 2.71. The van der Waals surface area contributed by atoms with Crippen molar-refractivity contribution in [3.63, 3.8) is 0 Å². The smallest absolute Gasteiger partial charge is 0.460 e. The molecule has 36 heavy (non-hydrogen) atoms. The first-order chi connectivity index (χ1) is 15.9. The molecule has 0 aromatic rings. The fourth-order valence-electron chi connectivity index (χ4n) is 2.06. The first kappa shape index (κ1) is 33.4. The third-order valence-corrected chi connectivity index (χ3v) is 4.06. The molecule has 0 unspecified atom stereocenters. The van der Waals surface area contributed by atoms with E-state index in [1.54, 1.807) is 0 Å². The predicted molar refractivity (Wildman–Crippen MR) is 87.3 cm³/mol. The van der Waals surface area contributed by atoms with E-state index in [1.807, 2.05) is 0 Å². The van der Waals surface area contributed by atoms with Gasteiger partial charge in [0.2, 0.25) is 0 Å². The van der Waals surface area contributed by atoms with Crippen LogP contribution in [0.2, 0.25) is 0 Å². The summed E-state index contributed by atoms with van der Waals surface area (Å²) in [5.41, 5.74) is 0. The molecule has 0 bridgehead atoms. The molecule has 0 aromatic carbocycles. The van der Waals surface area contributed by atoms with Crippen LogP contribution in [-0.2, 0) is 19.1 Å². The Balaban J connectivity index is 5.45. The number of alkyl halides is 14. The second-order valence-electron chi connectivity index (χ2n) is 6.88. The van der Waals surface area contributed by atoms with E-state index in [0.717, 1.165) is 10.6 Å². The van der Waals surface area contributed by atoms with Gasteiger partial charge in [0.15, 0.2) is 0 Å². The number of esters is 1. The Labute approximate surface area is 191 Å². The lowest BCUT2D eigenvalue weighted by Gasteiger charge is -2.28. The number of rotatable bonds is 12. The highest BCUT2D eigenvalue weighted by atomic mass is 19.4. The van der Waals surface area contributed by atoms with Gasteiger partial charge in [-0.2, -0.15) is 61.5 Å². The van der Waals surface area contributed by atoms with Crippen LogP contribution in [0.4, 0.5) is 61.5 Å². The number of carbonyl (C=O) groups is 3. The summed E-state index contributed by atoms with van der Waals surface area (Å²) < 4.78 is 182. The van der Waals surface area contributed by atoms with Crippen LogP contribution in [-0.4, -0.2) is 73.0 Å². The molecular weight excluding hydrogens is 550 g/mol. The quantitative estimate of drug-likeness (QED) is 0.213. The average molecular weight is 566 g/mol. The van der Waals surface area contributed by atoms with Crippen LogP contribution >= 0.6 is 0 Å². The molecule has 6 nitrogen and oxygen atoms in total. The molecule has 0 aromatic heterocycles. The molecule has 0 aliphatic rings. The van der Waals surface area contributed by atoms with Gasteiger partial charge in [0.25, 0.3) is 11.8 Å². The third-order valence-electron chi connectivity index (χ3n) is 4.06. The SMILES string of the molecule is CCCOC(=O)[C@H](CCCNC(=O)C(F)(F)C(F)(F)C(F)(F)F)NC(=O)C(F)(F)C(F)(F)C(F)(F)F. The zero-order valence-corrected chi connectivity index (χ0v) is 17.5. The van der Waals surface area contributed by atoms with E-state index < -0.39 is 85.9 Å². The Hall–Kier alpha value is -2.57. The second kappa shape index (κ2) is 11.2. The molecule has 0 aliphatic carbocycles. The van der Waals surface area contributed by atoms with Crippen LogP contribution in [0.1, 0.15) is 26.2 Å². The van der Waals surface area contributed by atoms with E-state index in [4.69, 9.17) is 0 Å². The van der Waals surface area contributed by atoms with Gasteiger partial charge in [0.05, 0.1) is 6.61 Å². The van der Waals surface area contributed by atoms with E-state index in [2.05, 4.69) is 4.74 Å². The van der Waals surface area contributed by atoms with Gasteiger partial charge < -0.3 is 15.4 Å². The summed E-state index contributed by atoms with van der Waals surface area (Å²) in [5.74, 6) is -34.7. The monoisotopic (exact) mass is 566 g/mol. The summed E-state index contributed by atoms with van der Waals surface area (Å²) in [5, 5.41) is 1.75. The van der Waals surface area contributed by atoms with Crippen molar-refractivity contribution in [2.45, 2.75) is 68.3 Å². The highest BCUT2D eigenvalue weighted by Gasteiger charge is 2.77. The van der Waals surface area contributed by atoms with Crippen molar-refractivity contribution < 1.29 is 80.6 Å². The molecule has 0 spiro atoms. The maximum Gasteiger partial charge on any atom is 0.460 e. The first-order valence-electron chi connectivity index (χ1n) is 9.30. The van der Waals surface area contributed by atoms with Crippen molar-refractivity contribution >= 4 is 17.8 Å². The lowest BCUT2D eigenvalue weighted by atomic mass is 10.1. The molecule has 1 atom stereocenters. The Bertz CT molecular complexity index is 795. The number of amides is 2. The largest absolute Gasteiger partial charge is 0.464 e. The summed E-state index contributed by atoms with van der Waals surface area (Å²) in [4.78, 5) is 34.3. The fourth-order valence-corrected chi connectivity index (χ4v) is 2.06. The summed E-state index contributed by atoms with van der Waals surface area (Å²) in [6.45, 7) is -0.383. The summed E-state index contributed by atoms with van der Waals surface area (Å²) in [6, 6.07) is -2.45. The van der Waals surface area contributed by atoms with Crippen LogP contribution in [0.25, 0.3) is 0 Å². The second-order valence-corrected chi connectivity index (χ2v) is 6.88. The van der Waals surface area contributed by atoms with E-state index >= 15 is 0 Å². The predicted octanol–water partition coefficient (Wildman–Crippen LogP) is 3.99. The van der Waals surface area contributed by atoms with Crippen molar-refractivity contribution in [1.29, 1.82) is 0 Å². The number of halogens is 14. The highest BCUT2D eigenvalue weighted by Crippen LogP contribution is 2.47. The van der Waals surface area contributed by atoms with Crippen molar-refractivity contribution in [3.05, 3.63) is 0 Å². The number of carbonyl (C=O) groups excluding carboxylic acids is 3. The molecule has 0 aliphatic heterocycles. The minimum atomic E-state index is -6.92. The molecule has 20 heteroatoms.